The fourth-order valence-corrected chi connectivity index (χ4v) is 5.96. The van der Waals surface area contributed by atoms with E-state index in [1.165, 1.54) is 4.90 Å². The summed E-state index contributed by atoms with van der Waals surface area (Å²) in [7, 11) is 0. The van der Waals surface area contributed by atoms with Crippen molar-refractivity contribution < 1.29 is 19.1 Å². The Kier molecular flexibility index (Phi) is 6.55. The van der Waals surface area contributed by atoms with Gasteiger partial charge in [-0.2, -0.15) is 0 Å². The van der Waals surface area contributed by atoms with Gasteiger partial charge in [0.1, 0.15) is 5.57 Å². The summed E-state index contributed by atoms with van der Waals surface area (Å²) in [4.78, 5) is 41.8. The number of morpholine rings is 1. The third-order valence-electron chi connectivity index (χ3n) is 7.13. The normalized spacial score (nSPS) is 20.8. The third-order valence-corrected chi connectivity index (χ3v) is 7.77. The maximum absolute atomic E-state index is 13.2. The summed E-state index contributed by atoms with van der Waals surface area (Å²) >= 11 is 3.73. The molecule has 0 atom stereocenters. The van der Waals surface area contributed by atoms with Gasteiger partial charge in [0, 0.05) is 40.7 Å². The quantitative estimate of drug-likeness (QED) is 0.466. The summed E-state index contributed by atoms with van der Waals surface area (Å²) in [5.41, 5.74) is 4.77. The van der Waals surface area contributed by atoms with Gasteiger partial charge in [-0.1, -0.05) is 12.8 Å². The van der Waals surface area contributed by atoms with Crippen LogP contribution in [0.1, 0.15) is 42.6 Å². The van der Waals surface area contributed by atoms with Gasteiger partial charge in [-0.25, -0.2) is 4.79 Å². The number of nitrogens with zero attached hydrogens (tertiary/aromatic N) is 3. The number of urea groups is 1. The Morgan fingerprint density at radius 2 is 1.77 bits per heavy atom. The Morgan fingerprint density at radius 3 is 2.46 bits per heavy atom. The highest BCUT2D eigenvalue weighted by molar-refractivity contribution is 9.10. The van der Waals surface area contributed by atoms with Gasteiger partial charge in [0.2, 0.25) is 0 Å². The Morgan fingerprint density at radius 1 is 1.06 bits per heavy atom. The van der Waals surface area contributed by atoms with Crippen LogP contribution in [0, 0.1) is 13.8 Å². The van der Waals surface area contributed by atoms with E-state index in [4.69, 9.17) is 4.74 Å². The fraction of sp³-hybridized carbons (Fsp3) is 0.423. The van der Waals surface area contributed by atoms with Crippen molar-refractivity contribution in [3.8, 4) is 5.69 Å². The molecule has 3 aliphatic rings. The number of rotatable bonds is 4. The van der Waals surface area contributed by atoms with Crippen molar-refractivity contribution in [2.45, 2.75) is 45.6 Å². The minimum atomic E-state index is -0.642. The highest BCUT2D eigenvalue weighted by Crippen LogP contribution is 2.32. The van der Waals surface area contributed by atoms with Gasteiger partial charge in [0.05, 0.1) is 18.9 Å². The van der Waals surface area contributed by atoms with E-state index in [1.54, 1.807) is 6.08 Å². The molecule has 2 aromatic rings. The lowest BCUT2D eigenvalue weighted by Gasteiger charge is -2.31. The minimum Gasteiger partial charge on any atom is -0.378 e. The van der Waals surface area contributed by atoms with Crippen molar-refractivity contribution >= 4 is 45.5 Å². The molecule has 1 saturated carbocycles. The molecule has 0 spiro atoms. The summed E-state index contributed by atoms with van der Waals surface area (Å²) in [5.74, 6) is -1.15. The molecule has 0 unspecified atom stereocenters. The van der Waals surface area contributed by atoms with Crippen molar-refractivity contribution in [3.63, 3.8) is 0 Å². The summed E-state index contributed by atoms with van der Waals surface area (Å²) in [6.45, 7) is 7.11. The van der Waals surface area contributed by atoms with E-state index in [9.17, 15) is 14.4 Å². The van der Waals surface area contributed by atoms with Gasteiger partial charge in [0.15, 0.2) is 0 Å². The highest BCUT2D eigenvalue weighted by Gasteiger charge is 2.40. The third kappa shape index (κ3) is 4.43. The number of aryl methyl sites for hydroxylation is 1. The van der Waals surface area contributed by atoms with Crippen LogP contribution in [0.15, 0.2) is 34.3 Å². The van der Waals surface area contributed by atoms with Crippen LogP contribution in [0.25, 0.3) is 11.8 Å². The SMILES string of the molecule is Cc1cc(/C=C2/C(=O)NC(=O)N(C3CCCC3)C2=O)c(C)n1-c1ccc(N2CCOCC2)c(Br)c1. The van der Waals surface area contributed by atoms with Gasteiger partial charge < -0.3 is 14.2 Å². The highest BCUT2D eigenvalue weighted by atomic mass is 79.9. The van der Waals surface area contributed by atoms with E-state index < -0.39 is 17.8 Å². The lowest BCUT2D eigenvalue weighted by molar-refractivity contribution is -0.131. The second-order valence-corrected chi connectivity index (χ2v) is 10.2. The van der Waals surface area contributed by atoms with Gasteiger partial charge in [-0.3, -0.25) is 19.8 Å². The molecule has 2 saturated heterocycles. The standard InChI is InChI=1S/C26H29BrN4O4/c1-16-13-18(14-21-24(32)28-26(34)31(25(21)33)19-5-3-4-6-19)17(2)30(16)20-7-8-23(22(27)15-20)29-9-11-35-12-10-29/h7-8,13-15,19H,3-6,9-12H2,1-2H3,(H,28,32,34)/b21-14-. The number of carbonyl (C=O) groups excluding carboxylic acids is 3. The molecule has 1 aromatic carbocycles. The topological polar surface area (TPSA) is 83.9 Å². The van der Waals surface area contributed by atoms with Crippen molar-refractivity contribution in [1.82, 2.24) is 14.8 Å². The molecule has 0 radical (unpaired) electrons. The summed E-state index contributed by atoms with van der Waals surface area (Å²) in [5, 5.41) is 2.36. The van der Waals surface area contributed by atoms with Gasteiger partial charge in [-0.15, -0.1) is 0 Å². The minimum absolute atomic E-state index is 0.000552. The number of barbiturate groups is 1. The molecule has 8 nitrogen and oxygen atoms in total. The van der Waals surface area contributed by atoms with E-state index in [1.807, 2.05) is 19.9 Å². The number of aromatic nitrogens is 1. The first kappa shape index (κ1) is 23.8. The number of ether oxygens (including phenoxy) is 1. The number of imide groups is 2. The van der Waals surface area contributed by atoms with Gasteiger partial charge in [0.25, 0.3) is 11.8 Å². The van der Waals surface area contributed by atoms with E-state index in [2.05, 4.69) is 48.9 Å². The molecule has 2 aliphatic heterocycles. The average Bonchev–Trinajstić information content (AvgIpc) is 3.45. The first-order valence-corrected chi connectivity index (χ1v) is 12.9. The first-order chi connectivity index (χ1) is 16.8. The van der Waals surface area contributed by atoms with Crippen LogP contribution in [0.4, 0.5) is 10.5 Å². The molecule has 3 heterocycles. The van der Waals surface area contributed by atoms with Crippen molar-refractivity contribution in [2.24, 2.45) is 0 Å². The van der Waals surface area contributed by atoms with Crippen LogP contribution in [0.3, 0.4) is 0 Å². The van der Waals surface area contributed by atoms with Crippen molar-refractivity contribution in [2.75, 3.05) is 31.2 Å². The number of hydrogen-bond donors (Lipinski definition) is 1. The molecule has 0 bridgehead atoms. The molecule has 9 heteroatoms. The Hall–Kier alpha value is -2.91. The molecular weight excluding hydrogens is 512 g/mol. The Balaban J connectivity index is 1.46. The van der Waals surface area contributed by atoms with Gasteiger partial charge >= 0.3 is 6.03 Å². The maximum Gasteiger partial charge on any atom is 0.331 e. The van der Waals surface area contributed by atoms with Crippen molar-refractivity contribution in [1.29, 1.82) is 0 Å². The number of carbonyl (C=O) groups is 3. The van der Waals surface area contributed by atoms with Gasteiger partial charge in [-0.05, 0) is 78.5 Å². The number of amides is 4. The average molecular weight is 541 g/mol. The molecule has 1 N–H and O–H groups in total. The lowest BCUT2D eigenvalue weighted by atomic mass is 10.1. The Labute approximate surface area is 213 Å². The molecule has 3 fully saturated rings. The summed E-state index contributed by atoms with van der Waals surface area (Å²) < 4.78 is 8.57. The zero-order chi connectivity index (χ0) is 24.7. The number of halogens is 1. The van der Waals surface area contributed by atoms with Crippen LogP contribution >= 0.6 is 15.9 Å². The van der Waals surface area contributed by atoms with Crippen molar-refractivity contribution in [3.05, 3.63) is 51.3 Å². The van der Waals surface area contributed by atoms with Crippen LogP contribution in [-0.4, -0.2) is 59.7 Å². The Bertz CT molecular complexity index is 1220. The second-order valence-electron chi connectivity index (χ2n) is 9.33. The number of hydrogen-bond acceptors (Lipinski definition) is 5. The van der Waals surface area contributed by atoms with Crippen LogP contribution in [0.5, 0.6) is 0 Å². The van der Waals surface area contributed by atoms with E-state index in [0.717, 1.165) is 84.8 Å². The zero-order valence-electron chi connectivity index (χ0n) is 20.0. The van der Waals surface area contributed by atoms with Crippen LogP contribution in [-0.2, 0) is 14.3 Å². The summed E-state index contributed by atoms with van der Waals surface area (Å²) in [6.07, 6.45) is 5.14. The lowest BCUT2D eigenvalue weighted by Crippen LogP contribution is -2.57. The summed E-state index contributed by atoms with van der Waals surface area (Å²) in [6, 6.07) is 7.47. The maximum atomic E-state index is 13.2. The molecule has 35 heavy (non-hydrogen) atoms. The van der Waals surface area contributed by atoms with E-state index >= 15 is 0 Å². The first-order valence-electron chi connectivity index (χ1n) is 12.1. The number of benzene rings is 1. The smallest absolute Gasteiger partial charge is 0.331 e. The van der Waals surface area contributed by atoms with Crippen LogP contribution in [0.2, 0.25) is 0 Å². The predicted octanol–water partition coefficient (Wildman–Crippen LogP) is 4.10. The molecule has 4 amide bonds. The second kappa shape index (κ2) is 9.62. The molecule has 1 aromatic heterocycles. The number of anilines is 1. The molecule has 184 valence electrons. The van der Waals surface area contributed by atoms with E-state index in [0.29, 0.717) is 0 Å². The zero-order valence-corrected chi connectivity index (χ0v) is 21.6. The monoisotopic (exact) mass is 540 g/mol. The predicted molar refractivity (Wildman–Crippen MR) is 137 cm³/mol. The fourth-order valence-electron chi connectivity index (χ4n) is 5.35. The molecule has 1 aliphatic carbocycles. The molecular formula is C26H29BrN4O4. The van der Waals surface area contributed by atoms with Crippen LogP contribution < -0.4 is 10.2 Å². The van der Waals surface area contributed by atoms with E-state index in [-0.39, 0.29) is 11.6 Å². The largest absolute Gasteiger partial charge is 0.378 e. The number of nitrogens with one attached hydrogen (secondary N) is 1. The molecule has 5 rings (SSSR count).